The van der Waals surface area contributed by atoms with Crippen LogP contribution in [0.3, 0.4) is 0 Å². The van der Waals surface area contributed by atoms with Crippen LogP contribution in [0.1, 0.15) is 34.8 Å². The summed E-state index contributed by atoms with van der Waals surface area (Å²) in [5.74, 6) is 0.00635. The zero-order valence-electron chi connectivity index (χ0n) is 10.5. The Bertz CT molecular complexity index is 575. The smallest absolute Gasteiger partial charge is 0.264 e. The van der Waals surface area contributed by atoms with Gasteiger partial charge in [0, 0.05) is 12.0 Å². The number of carbonyl (C=O) groups is 1. The minimum absolute atomic E-state index is 0.00635. The number of rotatable bonds is 3. The molecule has 1 aromatic rings. The fourth-order valence-corrected chi connectivity index (χ4v) is 3.07. The van der Waals surface area contributed by atoms with Gasteiger partial charge in [0.15, 0.2) is 5.78 Å². The Morgan fingerprint density at radius 2 is 2.11 bits per heavy atom. The van der Waals surface area contributed by atoms with Crippen LogP contribution in [0.25, 0.3) is 0 Å². The lowest BCUT2D eigenvalue weighted by Crippen LogP contribution is -2.26. The number of hydrogen-bond donors (Lipinski definition) is 0. The predicted octanol–water partition coefficient (Wildman–Crippen LogP) is 1.72. The van der Waals surface area contributed by atoms with Gasteiger partial charge in [-0.1, -0.05) is 18.2 Å². The van der Waals surface area contributed by atoms with Gasteiger partial charge < -0.3 is 0 Å². The van der Waals surface area contributed by atoms with Crippen LogP contribution in [-0.4, -0.2) is 26.6 Å². The Hall–Kier alpha value is -1.20. The van der Waals surface area contributed by atoms with Crippen molar-refractivity contribution >= 4 is 15.9 Å². The average Bonchev–Trinajstić information content (AvgIpc) is 2.25. The first kappa shape index (κ1) is 13.2. The molecule has 98 valence electrons. The molecule has 0 fully saturated rings. The maximum absolute atomic E-state index is 11.6. The van der Waals surface area contributed by atoms with E-state index in [9.17, 15) is 13.2 Å². The van der Waals surface area contributed by atoms with Crippen LogP contribution in [0.4, 0.5) is 0 Å². The number of aryl methyl sites for hydroxylation is 1. The molecule has 0 N–H and O–H groups in total. The molecule has 1 atom stereocenters. The normalized spacial score (nSPS) is 19.3. The van der Waals surface area contributed by atoms with Gasteiger partial charge in [-0.2, -0.15) is 8.42 Å². The fourth-order valence-electron chi connectivity index (χ4n) is 2.42. The van der Waals surface area contributed by atoms with Crippen molar-refractivity contribution in [2.75, 3.05) is 6.26 Å². The lowest BCUT2D eigenvalue weighted by Gasteiger charge is -2.25. The van der Waals surface area contributed by atoms with E-state index in [4.69, 9.17) is 4.18 Å². The summed E-state index contributed by atoms with van der Waals surface area (Å²) in [4.78, 5) is 11.6. The van der Waals surface area contributed by atoms with Gasteiger partial charge in [-0.15, -0.1) is 0 Å². The van der Waals surface area contributed by atoms with Gasteiger partial charge in [0.2, 0.25) is 0 Å². The molecule has 0 amide bonds. The van der Waals surface area contributed by atoms with Gasteiger partial charge in [-0.05, 0) is 30.9 Å². The van der Waals surface area contributed by atoms with Gasteiger partial charge in [0.25, 0.3) is 10.1 Å². The summed E-state index contributed by atoms with van der Waals surface area (Å²) in [6.07, 6.45) is 2.60. The number of benzene rings is 1. The summed E-state index contributed by atoms with van der Waals surface area (Å²) in [6, 6.07) is 5.63. The molecular weight excluding hydrogens is 252 g/mol. The second-order valence-electron chi connectivity index (χ2n) is 4.66. The summed E-state index contributed by atoms with van der Waals surface area (Å²) >= 11 is 0. The minimum Gasteiger partial charge on any atom is -0.295 e. The maximum atomic E-state index is 11.6. The summed E-state index contributed by atoms with van der Waals surface area (Å²) in [6.45, 7) is 1.52. The highest BCUT2D eigenvalue weighted by atomic mass is 32.2. The molecule has 1 aliphatic rings. The van der Waals surface area contributed by atoms with Gasteiger partial charge in [0.05, 0.1) is 12.4 Å². The zero-order valence-corrected chi connectivity index (χ0v) is 11.3. The molecule has 0 aliphatic heterocycles. The van der Waals surface area contributed by atoms with E-state index in [1.165, 1.54) is 6.92 Å². The van der Waals surface area contributed by atoms with Crippen LogP contribution in [0, 0.1) is 0 Å². The molecule has 0 saturated carbocycles. The highest BCUT2D eigenvalue weighted by Gasteiger charge is 2.25. The van der Waals surface area contributed by atoms with Crippen LogP contribution in [0.15, 0.2) is 18.2 Å². The highest BCUT2D eigenvalue weighted by molar-refractivity contribution is 7.86. The topological polar surface area (TPSA) is 60.4 Å². The van der Waals surface area contributed by atoms with Crippen LogP contribution in [0.2, 0.25) is 0 Å². The first-order valence-electron chi connectivity index (χ1n) is 5.87. The van der Waals surface area contributed by atoms with Crippen molar-refractivity contribution in [2.45, 2.75) is 32.3 Å². The van der Waals surface area contributed by atoms with Crippen LogP contribution < -0.4 is 0 Å². The Kier molecular flexibility index (Phi) is 3.54. The number of carbonyl (C=O) groups excluding carboxylic acids is 1. The van der Waals surface area contributed by atoms with Crippen LogP contribution in [0.5, 0.6) is 0 Å². The Labute approximate surface area is 107 Å². The van der Waals surface area contributed by atoms with Crippen LogP contribution >= 0.6 is 0 Å². The van der Waals surface area contributed by atoms with E-state index in [2.05, 4.69) is 0 Å². The quantitative estimate of drug-likeness (QED) is 0.618. The standard InChI is InChI=1S/C13H16O4S/c1-9(14)12-5-3-4-10-6-7-11(8-13(10)12)17-18(2,15)16/h3-5,11H,6-8H2,1-2H3. The zero-order chi connectivity index (χ0) is 13.3. The monoisotopic (exact) mass is 268 g/mol. The number of hydrogen-bond acceptors (Lipinski definition) is 4. The molecule has 1 aromatic carbocycles. The number of Topliss-reactive ketones (excluding diaryl/α,β-unsaturated/α-hetero) is 1. The third-order valence-corrected chi connectivity index (χ3v) is 3.75. The molecule has 1 unspecified atom stereocenters. The molecular formula is C13H16O4S. The maximum Gasteiger partial charge on any atom is 0.264 e. The van der Waals surface area contributed by atoms with E-state index in [0.29, 0.717) is 18.4 Å². The SMILES string of the molecule is CC(=O)c1cccc2c1CC(OS(C)(=O)=O)CC2. The lowest BCUT2D eigenvalue weighted by molar-refractivity contribution is 0.101. The number of fused-ring (bicyclic) bond motifs is 1. The second-order valence-corrected chi connectivity index (χ2v) is 6.27. The van der Waals surface area contributed by atoms with E-state index in [1.54, 1.807) is 6.07 Å². The predicted molar refractivity (Wildman–Crippen MR) is 68.2 cm³/mol. The van der Waals surface area contributed by atoms with Gasteiger partial charge in [-0.25, -0.2) is 0 Å². The summed E-state index contributed by atoms with van der Waals surface area (Å²) in [5, 5.41) is 0. The Morgan fingerprint density at radius 1 is 1.39 bits per heavy atom. The summed E-state index contributed by atoms with van der Waals surface area (Å²) in [7, 11) is -3.44. The molecule has 0 aromatic heterocycles. The van der Waals surface area contributed by atoms with E-state index in [0.717, 1.165) is 23.8 Å². The molecule has 1 aliphatic carbocycles. The molecule has 0 bridgehead atoms. The van der Waals surface area contributed by atoms with Crippen molar-refractivity contribution in [1.29, 1.82) is 0 Å². The van der Waals surface area contributed by atoms with Crippen molar-refractivity contribution < 1.29 is 17.4 Å². The molecule has 2 rings (SSSR count). The third-order valence-electron chi connectivity index (χ3n) is 3.13. The molecule has 5 heteroatoms. The molecule has 0 saturated heterocycles. The van der Waals surface area contributed by atoms with Crippen molar-refractivity contribution in [3.05, 3.63) is 34.9 Å². The van der Waals surface area contributed by atoms with Gasteiger partial charge >= 0.3 is 0 Å². The molecule has 4 nitrogen and oxygen atoms in total. The largest absolute Gasteiger partial charge is 0.295 e. The van der Waals surface area contributed by atoms with Crippen molar-refractivity contribution in [3.63, 3.8) is 0 Å². The second kappa shape index (κ2) is 4.82. The summed E-state index contributed by atoms with van der Waals surface area (Å²) in [5.41, 5.74) is 2.73. The molecule has 0 radical (unpaired) electrons. The third kappa shape index (κ3) is 2.97. The Balaban J connectivity index is 2.30. The highest BCUT2D eigenvalue weighted by Crippen LogP contribution is 2.27. The fraction of sp³-hybridized carbons (Fsp3) is 0.462. The van der Waals surface area contributed by atoms with E-state index in [-0.39, 0.29) is 11.9 Å². The molecule has 0 spiro atoms. The van der Waals surface area contributed by atoms with Gasteiger partial charge in [-0.3, -0.25) is 8.98 Å². The summed E-state index contributed by atoms with van der Waals surface area (Å²) < 4.78 is 27.3. The molecule has 0 heterocycles. The van der Waals surface area contributed by atoms with E-state index >= 15 is 0 Å². The minimum atomic E-state index is -3.44. The average molecular weight is 268 g/mol. The van der Waals surface area contributed by atoms with Crippen LogP contribution in [-0.2, 0) is 27.1 Å². The van der Waals surface area contributed by atoms with Crippen molar-refractivity contribution in [3.8, 4) is 0 Å². The van der Waals surface area contributed by atoms with E-state index in [1.807, 2.05) is 12.1 Å². The van der Waals surface area contributed by atoms with Gasteiger partial charge in [0.1, 0.15) is 0 Å². The van der Waals surface area contributed by atoms with Crippen molar-refractivity contribution in [1.82, 2.24) is 0 Å². The lowest BCUT2D eigenvalue weighted by atomic mass is 9.86. The van der Waals surface area contributed by atoms with Crippen molar-refractivity contribution in [2.24, 2.45) is 0 Å². The van der Waals surface area contributed by atoms with E-state index < -0.39 is 10.1 Å². The number of ketones is 1. The Morgan fingerprint density at radius 3 is 2.72 bits per heavy atom. The first-order valence-corrected chi connectivity index (χ1v) is 7.68. The molecule has 18 heavy (non-hydrogen) atoms. The first-order chi connectivity index (χ1) is 8.37.